The van der Waals surface area contributed by atoms with Gasteiger partial charge in [-0.2, -0.15) is 0 Å². The third-order valence-corrected chi connectivity index (χ3v) is 6.99. The normalized spacial score (nSPS) is 33.4. The zero-order valence-electron chi connectivity index (χ0n) is 16.3. The topological polar surface area (TPSA) is 43.4 Å². The fourth-order valence-corrected chi connectivity index (χ4v) is 5.32. The van der Waals surface area contributed by atoms with Gasteiger partial charge in [-0.05, 0) is 55.8 Å². The van der Waals surface area contributed by atoms with Crippen molar-refractivity contribution in [3.63, 3.8) is 0 Å². The van der Waals surface area contributed by atoms with Crippen LogP contribution in [0, 0.1) is 28.6 Å². The van der Waals surface area contributed by atoms with E-state index >= 15 is 0 Å². The van der Waals surface area contributed by atoms with Crippen LogP contribution in [0.5, 0.6) is 0 Å². The summed E-state index contributed by atoms with van der Waals surface area (Å²) in [6.45, 7) is 11.1. The third kappa shape index (κ3) is 3.45. The molecule has 1 fully saturated rings. The van der Waals surface area contributed by atoms with E-state index < -0.39 is 0 Å². The number of carbonyl (C=O) groups excluding carboxylic acids is 2. The lowest BCUT2D eigenvalue weighted by atomic mass is 9.48. The first-order valence-electron chi connectivity index (χ1n) is 9.39. The van der Waals surface area contributed by atoms with E-state index in [0.717, 1.165) is 25.7 Å². The number of rotatable bonds is 5. The van der Waals surface area contributed by atoms with E-state index in [0.29, 0.717) is 36.4 Å². The second kappa shape index (κ2) is 7.01. The first-order chi connectivity index (χ1) is 11.1. The van der Waals surface area contributed by atoms with Gasteiger partial charge in [0.2, 0.25) is 0 Å². The quantitative estimate of drug-likeness (QED) is 0.528. The zero-order valence-corrected chi connectivity index (χ0v) is 16.3. The van der Waals surface area contributed by atoms with Crippen LogP contribution in [0.2, 0.25) is 0 Å². The molecule has 0 saturated heterocycles. The molecule has 136 valence electrons. The van der Waals surface area contributed by atoms with Crippen LogP contribution < -0.4 is 0 Å². The molecule has 0 aromatic rings. The SMILES string of the molecule is COC(=O)CC(C)CC[C@@H]1C(C)=CC[C@@H]2C(C)(C)C(=O)CC[C@@]12C. The lowest BCUT2D eigenvalue weighted by molar-refractivity contribution is -0.144. The minimum Gasteiger partial charge on any atom is -0.469 e. The maximum absolute atomic E-state index is 12.4. The summed E-state index contributed by atoms with van der Waals surface area (Å²) in [7, 11) is 1.45. The van der Waals surface area contributed by atoms with Gasteiger partial charge < -0.3 is 4.74 Å². The van der Waals surface area contributed by atoms with Gasteiger partial charge >= 0.3 is 5.97 Å². The molecule has 4 atom stereocenters. The summed E-state index contributed by atoms with van der Waals surface area (Å²) in [5.41, 5.74) is 1.45. The van der Waals surface area contributed by atoms with Gasteiger partial charge in [0.15, 0.2) is 0 Å². The fraction of sp³-hybridized carbons (Fsp3) is 0.810. The van der Waals surface area contributed by atoms with Gasteiger partial charge in [0.25, 0.3) is 0 Å². The highest BCUT2D eigenvalue weighted by atomic mass is 16.5. The van der Waals surface area contributed by atoms with Crippen molar-refractivity contribution in [2.24, 2.45) is 28.6 Å². The summed E-state index contributed by atoms with van der Waals surface area (Å²) in [4.78, 5) is 23.9. The predicted molar refractivity (Wildman–Crippen MR) is 96.5 cm³/mol. The van der Waals surface area contributed by atoms with E-state index in [-0.39, 0.29) is 16.8 Å². The van der Waals surface area contributed by atoms with Crippen LogP contribution in [0.25, 0.3) is 0 Å². The number of fused-ring (bicyclic) bond motifs is 1. The van der Waals surface area contributed by atoms with Gasteiger partial charge in [-0.3, -0.25) is 9.59 Å². The van der Waals surface area contributed by atoms with Crippen LogP contribution in [0.4, 0.5) is 0 Å². The lowest BCUT2D eigenvalue weighted by Crippen LogP contribution is -2.52. The largest absolute Gasteiger partial charge is 0.469 e. The smallest absolute Gasteiger partial charge is 0.305 e. The molecule has 2 aliphatic rings. The molecule has 2 rings (SSSR count). The Kier molecular flexibility index (Phi) is 5.61. The van der Waals surface area contributed by atoms with Gasteiger partial charge in [-0.1, -0.05) is 39.3 Å². The van der Waals surface area contributed by atoms with Gasteiger partial charge in [0.1, 0.15) is 5.78 Å². The Bertz CT molecular complexity index is 531. The van der Waals surface area contributed by atoms with E-state index in [9.17, 15) is 9.59 Å². The number of methoxy groups -OCH3 is 1. The second-order valence-corrected chi connectivity index (χ2v) is 8.90. The molecule has 3 nitrogen and oxygen atoms in total. The Labute approximate surface area is 147 Å². The number of esters is 1. The van der Waals surface area contributed by atoms with Crippen LogP contribution >= 0.6 is 0 Å². The Morgan fingerprint density at radius 3 is 2.67 bits per heavy atom. The van der Waals surface area contributed by atoms with Crippen LogP contribution in [0.15, 0.2) is 11.6 Å². The summed E-state index contributed by atoms with van der Waals surface area (Å²) in [5, 5.41) is 0. The Hall–Kier alpha value is -1.12. The molecular formula is C21H34O3. The fourth-order valence-electron chi connectivity index (χ4n) is 5.32. The molecular weight excluding hydrogens is 300 g/mol. The van der Waals surface area contributed by atoms with Gasteiger partial charge in [-0.25, -0.2) is 0 Å². The summed E-state index contributed by atoms with van der Waals surface area (Å²) < 4.78 is 4.79. The summed E-state index contributed by atoms with van der Waals surface area (Å²) in [6.07, 6.45) is 7.72. The maximum atomic E-state index is 12.4. The van der Waals surface area contributed by atoms with Crippen molar-refractivity contribution in [2.75, 3.05) is 7.11 Å². The van der Waals surface area contributed by atoms with E-state index in [2.05, 4.69) is 40.7 Å². The van der Waals surface area contributed by atoms with Crippen molar-refractivity contribution in [3.05, 3.63) is 11.6 Å². The highest BCUT2D eigenvalue weighted by molar-refractivity contribution is 5.85. The molecule has 1 unspecified atom stereocenters. The Morgan fingerprint density at radius 2 is 2.04 bits per heavy atom. The molecule has 0 aromatic heterocycles. The zero-order chi connectivity index (χ0) is 18.1. The minimum absolute atomic E-state index is 0.119. The molecule has 0 radical (unpaired) electrons. The molecule has 0 N–H and O–H groups in total. The molecule has 0 aliphatic heterocycles. The second-order valence-electron chi connectivity index (χ2n) is 8.90. The van der Waals surface area contributed by atoms with E-state index in [1.807, 2.05) is 0 Å². The van der Waals surface area contributed by atoms with Crippen molar-refractivity contribution in [3.8, 4) is 0 Å². The first kappa shape index (κ1) is 19.2. The third-order valence-electron chi connectivity index (χ3n) is 6.99. The molecule has 3 heteroatoms. The summed E-state index contributed by atoms with van der Waals surface area (Å²) >= 11 is 0. The molecule has 0 spiro atoms. The van der Waals surface area contributed by atoms with Gasteiger partial charge in [0.05, 0.1) is 7.11 Å². The van der Waals surface area contributed by atoms with Crippen molar-refractivity contribution >= 4 is 11.8 Å². The number of hydrogen-bond acceptors (Lipinski definition) is 3. The molecule has 0 bridgehead atoms. The van der Waals surface area contributed by atoms with Gasteiger partial charge in [0, 0.05) is 18.3 Å². The molecule has 1 saturated carbocycles. The highest BCUT2D eigenvalue weighted by Crippen LogP contribution is 2.59. The lowest BCUT2D eigenvalue weighted by Gasteiger charge is -2.56. The van der Waals surface area contributed by atoms with Crippen molar-refractivity contribution in [1.82, 2.24) is 0 Å². The Balaban J connectivity index is 2.14. The average molecular weight is 335 g/mol. The van der Waals surface area contributed by atoms with Crippen LogP contribution in [0.1, 0.15) is 73.1 Å². The minimum atomic E-state index is -0.222. The molecule has 0 amide bonds. The first-order valence-corrected chi connectivity index (χ1v) is 9.39. The van der Waals surface area contributed by atoms with Crippen LogP contribution in [-0.4, -0.2) is 18.9 Å². The highest BCUT2D eigenvalue weighted by Gasteiger charge is 2.54. The average Bonchev–Trinajstić information content (AvgIpc) is 2.50. The van der Waals surface area contributed by atoms with E-state index in [1.54, 1.807) is 0 Å². The van der Waals surface area contributed by atoms with Crippen LogP contribution in [-0.2, 0) is 14.3 Å². The van der Waals surface area contributed by atoms with Crippen molar-refractivity contribution < 1.29 is 14.3 Å². The van der Waals surface area contributed by atoms with Crippen molar-refractivity contribution in [2.45, 2.75) is 73.1 Å². The number of ether oxygens (including phenoxy) is 1. The number of allylic oxidation sites excluding steroid dienone is 2. The summed E-state index contributed by atoms with van der Waals surface area (Å²) in [6, 6.07) is 0. The maximum Gasteiger partial charge on any atom is 0.305 e. The number of ketones is 1. The van der Waals surface area contributed by atoms with E-state index in [1.165, 1.54) is 12.7 Å². The Morgan fingerprint density at radius 1 is 1.38 bits per heavy atom. The van der Waals surface area contributed by atoms with Crippen LogP contribution in [0.3, 0.4) is 0 Å². The standard InChI is InChI=1S/C21H34O3/c1-14(13-19(23)24-6)7-9-16-15(2)8-10-17-20(3,4)18(22)11-12-21(16,17)5/h8,14,16-17H,7,9-13H2,1-6H3/t14?,16-,17-,21+/m1/s1. The molecule has 0 aromatic carbocycles. The number of Topliss-reactive ketones (excluding diaryl/α,β-unsaturated/α-hetero) is 1. The molecule has 2 aliphatic carbocycles. The predicted octanol–water partition coefficient (Wildman–Crippen LogP) is 4.94. The molecule has 0 heterocycles. The van der Waals surface area contributed by atoms with E-state index in [4.69, 9.17) is 4.74 Å². The van der Waals surface area contributed by atoms with Crippen molar-refractivity contribution in [1.29, 1.82) is 0 Å². The molecule has 24 heavy (non-hydrogen) atoms. The monoisotopic (exact) mass is 334 g/mol. The number of hydrogen-bond donors (Lipinski definition) is 0. The summed E-state index contributed by atoms with van der Waals surface area (Å²) in [5.74, 6) is 1.59. The number of carbonyl (C=O) groups is 2. The van der Waals surface area contributed by atoms with Gasteiger partial charge in [-0.15, -0.1) is 0 Å².